The normalized spacial score (nSPS) is 29.7. The van der Waals surface area contributed by atoms with Gasteiger partial charge in [0, 0.05) is 30.5 Å². The van der Waals surface area contributed by atoms with Crippen LogP contribution in [0.3, 0.4) is 0 Å². The molecule has 2 bridgehead atoms. The van der Waals surface area contributed by atoms with E-state index in [0.29, 0.717) is 23.9 Å². The Bertz CT molecular complexity index is 637. The van der Waals surface area contributed by atoms with Crippen LogP contribution in [0, 0.1) is 0 Å². The molecule has 6 nitrogen and oxygen atoms in total. The van der Waals surface area contributed by atoms with E-state index in [-0.39, 0.29) is 0 Å². The van der Waals surface area contributed by atoms with Crippen LogP contribution >= 0.6 is 0 Å². The Labute approximate surface area is 124 Å². The largest absolute Gasteiger partial charge is 0.382 e. The highest BCUT2D eigenvalue weighted by molar-refractivity contribution is 5.65. The van der Waals surface area contributed by atoms with Crippen molar-refractivity contribution in [3.63, 3.8) is 0 Å². The number of nitrogens with two attached hydrogens (primary N) is 1. The van der Waals surface area contributed by atoms with Crippen molar-refractivity contribution in [3.05, 3.63) is 18.6 Å². The maximum absolute atomic E-state index is 5.90. The molecule has 3 N–H and O–H groups in total. The fraction of sp³-hybridized carbons (Fsp3) is 0.600. The van der Waals surface area contributed by atoms with Crippen molar-refractivity contribution in [1.29, 1.82) is 0 Å². The minimum atomic E-state index is 0.464. The smallest absolute Gasteiger partial charge is 0.180 e. The van der Waals surface area contributed by atoms with Crippen molar-refractivity contribution in [2.45, 2.75) is 50.2 Å². The van der Waals surface area contributed by atoms with E-state index in [0.717, 1.165) is 11.5 Å². The number of piperidine rings is 2. The van der Waals surface area contributed by atoms with Crippen LogP contribution in [0.4, 0.5) is 11.6 Å². The van der Waals surface area contributed by atoms with Gasteiger partial charge in [0.05, 0.1) is 6.20 Å². The van der Waals surface area contributed by atoms with Crippen LogP contribution in [0.1, 0.15) is 32.1 Å². The summed E-state index contributed by atoms with van der Waals surface area (Å²) in [5.41, 5.74) is 6.75. The van der Waals surface area contributed by atoms with Gasteiger partial charge in [0.1, 0.15) is 5.82 Å². The lowest BCUT2D eigenvalue weighted by atomic mass is 9.82. The standard InChI is InChI=1S/C15H22N6/c1-20-11-3-2-4-12(20)8-10(7-11)18-14-15-17-5-6-21(15)9-13(16)19-14/h5-6,9-12H,2-4,7-8,16H2,1H3,(H,18,19). The molecule has 0 radical (unpaired) electrons. The van der Waals surface area contributed by atoms with Crippen molar-refractivity contribution in [2.24, 2.45) is 0 Å². The summed E-state index contributed by atoms with van der Waals surface area (Å²) in [5, 5.41) is 3.60. The summed E-state index contributed by atoms with van der Waals surface area (Å²) in [7, 11) is 2.27. The minimum absolute atomic E-state index is 0.464. The van der Waals surface area contributed by atoms with E-state index in [1.54, 1.807) is 12.4 Å². The zero-order valence-corrected chi connectivity index (χ0v) is 12.4. The molecular formula is C15H22N6. The Morgan fingerprint density at radius 2 is 2.05 bits per heavy atom. The lowest BCUT2D eigenvalue weighted by Crippen LogP contribution is -2.52. The summed E-state index contributed by atoms with van der Waals surface area (Å²) in [4.78, 5) is 11.4. The third kappa shape index (κ3) is 2.23. The van der Waals surface area contributed by atoms with Crippen LogP contribution in [-0.2, 0) is 0 Å². The molecule has 0 aliphatic carbocycles. The summed E-state index contributed by atoms with van der Waals surface area (Å²) in [5.74, 6) is 1.34. The summed E-state index contributed by atoms with van der Waals surface area (Å²) < 4.78 is 1.93. The average molecular weight is 286 g/mol. The molecule has 21 heavy (non-hydrogen) atoms. The van der Waals surface area contributed by atoms with Crippen molar-refractivity contribution in [1.82, 2.24) is 19.3 Å². The first-order valence-corrected chi connectivity index (χ1v) is 7.78. The first-order valence-electron chi connectivity index (χ1n) is 7.78. The predicted molar refractivity (Wildman–Crippen MR) is 83.2 cm³/mol. The average Bonchev–Trinajstić information content (AvgIpc) is 2.88. The number of anilines is 2. The number of nitrogen functional groups attached to an aromatic ring is 1. The van der Waals surface area contributed by atoms with Crippen LogP contribution in [0.5, 0.6) is 0 Å². The van der Waals surface area contributed by atoms with Crippen LogP contribution in [0.2, 0.25) is 0 Å². The van der Waals surface area contributed by atoms with E-state index < -0.39 is 0 Å². The number of nitrogens with zero attached hydrogens (tertiary/aromatic N) is 4. The number of imidazole rings is 1. The maximum Gasteiger partial charge on any atom is 0.180 e. The van der Waals surface area contributed by atoms with Crippen molar-refractivity contribution in [2.75, 3.05) is 18.1 Å². The highest BCUT2D eigenvalue weighted by atomic mass is 15.2. The van der Waals surface area contributed by atoms with E-state index in [1.807, 2.05) is 10.6 Å². The molecule has 2 unspecified atom stereocenters. The van der Waals surface area contributed by atoms with Gasteiger partial charge in [0.25, 0.3) is 0 Å². The quantitative estimate of drug-likeness (QED) is 0.880. The van der Waals surface area contributed by atoms with Gasteiger partial charge in [-0.15, -0.1) is 0 Å². The zero-order chi connectivity index (χ0) is 14.4. The molecule has 2 fully saturated rings. The van der Waals surface area contributed by atoms with Crippen LogP contribution in [0.25, 0.3) is 5.65 Å². The summed E-state index contributed by atoms with van der Waals surface area (Å²) in [6, 6.07) is 1.87. The van der Waals surface area contributed by atoms with Gasteiger partial charge in [-0.3, -0.25) is 0 Å². The predicted octanol–water partition coefficient (Wildman–Crippen LogP) is 1.74. The highest BCUT2D eigenvalue weighted by Crippen LogP contribution is 2.34. The van der Waals surface area contributed by atoms with Crippen molar-refractivity contribution >= 4 is 17.3 Å². The molecule has 6 heteroatoms. The first-order chi connectivity index (χ1) is 10.2. The van der Waals surface area contributed by atoms with Gasteiger partial charge in [-0.25, -0.2) is 9.97 Å². The molecule has 0 spiro atoms. The van der Waals surface area contributed by atoms with Crippen molar-refractivity contribution in [3.8, 4) is 0 Å². The van der Waals surface area contributed by atoms with Crippen molar-refractivity contribution < 1.29 is 0 Å². The fourth-order valence-electron chi connectivity index (χ4n) is 3.97. The topological polar surface area (TPSA) is 71.5 Å². The Morgan fingerprint density at radius 3 is 2.81 bits per heavy atom. The second-order valence-corrected chi connectivity index (χ2v) is 6.39. The first kappa shape index (κ1) is 12.9. The number of rotatable bonds is 2. The second kappa shape index (κ2) is 4.87. The summed E-state index contributed by atoms with van der Waals surface area (Å²) >= 11 is 0. The van der Waals surface area contributed by atoms with Crippen LogP contribution in [0.15, 0.2) is 18.6 Å². The van der Waals surface area contributed by atoms with Gasteiger partial charge in [0.15, 0.2) is 11.5 Å². The van der Waals surface area contributed by atoms with Gasteiger partial charge in [-0.2, -0.15) is 0 Å². The molecule has 2 aliphatic heterocycles. The van der Waals surface area contributed by atoms with Gasteiger partial charge in [0.2, 0.25) is 0 Å². The van der Waals surface area contributed by atoms with E-state index in [2.05, 4.69) is 27.2 Å². The summed E-state index contributed by atoms with van der Waals surface area (Å²) in [6.45, 7) is 0. The molecule has 0 aromatic carbocycles. The second-order valence-electron chi connectivity index (χ2n) is 6.39. The van der Waals surface area contributed by atoms with Gasteiger partial charge >= 0.3 is 0 Å². The third-order valence-corrected chi connectivity index (χ3v) is 5.07. The van der Waals surface area contributed by atoms with Gasteiger partial charge < -0.3 is 20.4 Å². The lowest BCUT2D eigenvalue weighted by molar-refractivity contribution is 0.0608. The Kier molecular flexibility index (Phi) is 2.99. The molecule has 2 atom stereocenters. The third-order valence-electron chi connectivity index (χ3n) is 5.07. The number of hydrogen-bond donors (Lipinski definition) is 2. The highest BCUT2D eigenvalue weighted by Gasteiger charge is 2.36. The monoisotopic (exact) mass is 286 g/mol. The SMILES string of the molecule is CN1C2CCCC1CC(Nc1nc(N)cn3ccnc13)C2. The lowest BCUT2D eigenvalue weighted by Gasteiger charge is -2.47. The Balaban J connectivity index is 1.59. The molecule has 0 amide bonds. The molecule has 4 rings (SSSR count). The van der Waals surface area contributed by atoms with E-state index in [1.165, 1.54) is 32.1 Å². The fourth-order valence-corrected chi connectivity index (χ4v) is 3.97. The molecule has 112 valence electrons. The zero-order valence-electron chi connectivity index (χ0n) is 12.4. The Morgan fingerprint density at radius 1 is 1.29 bits per heavy atom. The molecule has 2 aromatic heterocycles. The maximum atomic E-state index is 5.90. The van der Waals surface area contributed by atoms with Crippen LogP contribution in [-0.4, -0.2) is 44.4 Å². The van der Waals surface area contributed by atoms with Gasteiger partial charge in [-0.1, -0.05) is 6.42 Å². The van der Waals surface area contributed by atoms with E-state index in [9.17, 15) is 0 Å². The molecular weight excluding hydrogens is 264 g/mol. The molecule has 2 aromatic rings. The van der Waals surface area contributed by atoms with E-state index >= 15 is 0 Å². The number of fused-ring (bicyclic) bond motifs is 3. The minimum Gasteiger partial charge on any atom is -0.382 e. The molecule has 2 saturated heterocycles. The molecule has 4 heterocycles. The molecule has 0 saturated carbocycles. The van der Waals surface area contributed by atoms with Gasteiger partial charge in [-0.05, 0) is 32.7 Å². The van der Waals surface area contributed by atoms with Crippen LogP contribution < -0.4 is 11.1 Å². The molecule has 2 aliphatic rings. The number of nitrogens with one attached hydrogen (secondary N) is 1. The number of aromatic nitrogens is 3. The Hall–Kier alpha value is -1.82. The summed E-state index contributed by atoms with van der Waals surface area (Å²) in [6.07, 6.45) is 11.8. The van der Waals surface area contributed by atoms with E-state index in [4.69, 9.17) is 5.73 Å². The number of hydrogen-bond acceptors (Lipinski definition) is 5.